The Morgan fingerprint density at radius 1 is 0.415 bits per heavy atom. The van der Waals surface area contributed by atoms with Crippen molar-refractivity contribution < 1.29 is 83.2 Å². The van der Waals surface area contributed by atoms with Gasteiger partial charge in [-0.15, -0.1) is 0 Å². The van der Waals surface area contributed by atoms with Gasteiger partial charge in [0, 0.05) is 114 Å². The van der Waals surface area contributed by atoms with Crippen LogP contribution in [0.4, 0.5) is 0 Å². The highest BCUT2D eigenvalue weighted by Crippen LogP contribution is 2.60. The molecule has 2 aliphatic carbocycles. The van der Waals surface area contributed by atoms with Gasteiger partial charge in [0.15, 0.2) is 44.7 Å². The Kier molecular flexibility index (Phi) is 18.6. The Morgan fingerprint density at radius 2 is 0.745 bits per heavy atom. The topological polar surface area (TPSA) is 322 Å². The van der Waals surface area contributed by atoms with Gasteiger partial charge in [0.25, 0.3) is 0 Å². The summed E-state index contributed by atoms with van der Waals surface area (Å²) in [5.74, 6) is -1.93. The summed E-state index contributed by atoms with van der Waals surface area (Å²) in [7, 11) is 8.50. The lowest BCUT2D eigenvalue weighted by atomic mass is 9.80. The number of carbonyl (C=O) groups is 1. The van der Waals surface area contributed by atoms with E-state index in [-0.39, 0.29) is 125 Å². The maximum Gasteiger partial charge on any atom is 0.194 e. The number of allylic oxidation sites excluding steroid dienone is 2. The van der Waals surface area contributed by atoms with Crippen LogP contribution in [0.25, 0.3) is 98.3 Å². The number of methoxy groups -OCH3 is 6. The number of hydrogen-bond donors (Lipinski definition) is 7. The third-order valence-corrected chi connectivity index (χ3v) is 18.3. The molecule has 12 rings (SSSR count). The van der Waals surface area contributed by atoms with Crippen LogP contribution in [-0.4, -0.2) is 156 Å². The van der Waals surface area contributed by atoms with E-state index in [1.807, 2.05) is 26.0 Å². The molecule has 22 nitrogen and oxygen atoms in total. The van der Waals surface area contributed by atoms with E-state index in [1.54, 1.807) is 6.92 Å². The van der Waals surface area contributed by atoms with E-state index in [2.05, 4.69) is 0 Å². The number of aliphatic hydroxyl groups excluding tert-OH is 3. The number of fused-ring (bicyclic) bond motifs is 2. The van der Waals surface area contributed by atoms with Crippen LogP contribution < -0.4 is 50.1 Å². The Bertz CT molecular complexity index is 5060. The number of aromatic hydroxyl groups is 4. The number of aliphatic hydroxyl groups is 3. The second kappa shape index (κ2) is 26.5. The molecule has 0 saturated carbocycles. The molecule has 0 aromatic heterocycles. The molecule has 10 aromatic rings. The predicted molar refractivity (Wildman–Crippen MR) is 361 cm³/mol. The summed E-state index contributed by atoms with van der Waals surface area (Å²) < 4.78 is 51.2. The maximum absolute atomic E-state index is 14.0. The van der Waals surface area contributed by atoms with E-state index in [4.69, 9.17) is 57.8 Å². The zero-order valence-corrected chi connectivity index (χ0v) is 53.8. The Balaban J connectivity index is 0.000000193. The number of aliphatic imine (C=N–C) groups is 1. The van der Waals surface area contributed by atoms with Gasteiger partial charge in [-0.2, -0.15) is 0 Å². The second-order valence-corrected chi connectivity index (χ2v) is 23.4. The molecule has 2 unspecified atom stereocenters. The van der Waals surface area contributed by atoms with Crippen LogP contribution in [0.3, 0.4) is 0 Å². The Morgan fingerprint density at radius 3 is 1.09 bits per heavy atom. The second-order valence-electron chi connectivity index (χ2n) is 23.4. The minimum absolute atomic E-state index is 0.0182. The Hall–Kier alpha value is -9.42. The molecule has 0 bridgehead atoms. The minimum atomic E-state index is -0.881. The predicted octanol–water partition coefficient (Wildman–Crippen LogP) is 8.61. The molecule has 0 radical (unpaired) electrons. The highest BCUT2D eigenvalue weighted by molar-refractivity contribution is 6.41. The van der Waals surface area contributed by atoms with Crippen LogP contribution >= 0.6 is 0 Å². The summed E-state index contributed by atoms with van der Waals surface area (Å²) in [6.07, 6.45) is 5.35. The highest BCUT2D eigenvalue weighted by Gasteiger charge is 2.40. The van der Waals surface area contributed by atoms with Gasteiger partial charge >= 0.3 is 0 Å². The zero-order chi connectivity index (χ0) is 67.5. The molecule has 0 amide bonds. The fraction of sp³-hybridized carbons (Fsp3) is 0.361. The minimum Gasteiger partial charge on any atom is -0.507 e. The number of Topliss-reactive ketones (excluding diaryl/α,β-unsaturated/α-hetero) is 1. The number of nitrogens with zero attached hydrogens (tertiary/aromatic N) is 1. The van der Waals surface area contributed by atoms with Gasteiger partial charge in [0.2, 0.25) is 0 Å². The molecular weight excluding hydrogens is 1210 g/mol. The molecule has 22 heteroatoms. The lowest BCUT2D eigenvalue weighted by Crippen LogP contribution is -2.15. The third kappa shape index (κ3) is 10.2. The van der Waals surface area contributed by atoms with Crippen molar-refractivity contribution >= 4 is 110 Å². The number of rotatable bonds is 25. The van der Waals surface area contributed by atoms with Crippen molar-refractivity contribution in [2.24, 2.45) is 4.99 Å². The van der Waals surface area contributed by atoms with Gasteiger partial charge in [-0.25, -0.2) is 0 Å². The van der Waals surface area contributed by atoms with Crippen LogP contribution in [0.15, 0.2) is 59.6 Å². The van der Waals surface area contributed by atoms with Crippen molar-refractivity contribution in [2.75, 3.05) is 109 Å². The molecule has 0 spiro atoms. The van der Waals surface area contributed by atoms with Crippen molar-refractivity contribution in [3.05, 3.63) is 110 Å². The van der Waals surface area contributed by atoms with E-state index in [0.29, 0.717) is 155 Å². The van der Waals surface area contributed by atoms with Crippen molar-refractivity contribution in [1.82, 2.24) is 0 Å². The van der Waals surface area contributed by atoms with Crippen LogP contribution in [0.2, 0.25) is 0 Å². The van der Waals surface area contributed by atoms with Crippen LogP contribution in [-0.2, 0) is 31.8 Å². The average molecular weight is 1290 g/mol. The fourth-order valence-electron chi connectivity index (χ4n) is 14.8. The normalized spacial score (nSPS) is 14.7. The number of ketones is 1. The first-order valence-electron chi connectivity index (χ1n) is 30.7. The maximum atomic E-state index is 14.0. The van der Waals surface area contributed by atoms with E-state index < -0.39 is 39.3 Å². The number of phenols is 4. The van der Waals surface area contributed by atoms with E-state index >= 15 is 0 Å². The van der Waals surface area contributed by atoms with Crippen LogP contribution in [0.1, 0.15) is 85.8 Å². The SMILES string of the molecule is COc1c(O)c2c(=O)cc(OC)c3c4c(OC)cc(=O)c5c(O)c(CCCOCCO)c6c(c(c1C(C(C)=NCCOCCO)C(C)=C6)c23)c54.COc1c(O)c2c(=O)cc(OC)c3c4c(OC)cc(=O)c5c(O)c(CCCOCCO)c6c(c(c1C(C(C)=O)C(C)=C6)c23)c54. The van der Waals surface area contributed by atoms with Gasteiger partial charge in [-0.05, 0) is 86.1 Å². The Labute approximate surface area is 536 Å². The summed E-state index contributed by atoms with van der Waals surface area (Å²) in [6.45, 7) is 8.37. The monoisotopic (exact) mass is 1290 g/mol. The van der Waals surface area contributed by atoms with Crippen molar-refractivity contribution in [2.45, 2.75) is 65.2 Å². The summed E-state index contributed by atoms with van der Waals surface area (Å²) in [5, 5.41) is 80.4. The molecule has 0 heterocycles. The largest absolute Gasteiger partial charge is 0.507 e. The molecule has 0 saturated heterocycles. The fourth-order valence-corrected chi connectivity index (χ4v) is 14.8. The number of benzene rings is 10. The molecule has 10 aromatic carbocycles. The molecular formula is C72H73NO21. The number of hydrogen-bond acceptors (Lipinski definition) is 22. The first-order chi connectivity index (χ1) is 45.3. The molecule has 2 aliphatic rings. The van der Waals surface area contributed by atoms with Gasteiger partial charge in [0.05, 0.1) is 123 Å². The van der Waals surface area contributed by atoms with Crippen molar-refractivity contribution in [1.29, 1.82) is 0 Å². The summed E-state index contributed by atoms with van der Waals surface area (Å²) in [6, 6.07) is 5.16. The first kappa shape index (κ1) is 66.1. The molecule has 492 valence electrons. The summed E-state index contributed by atoms with van der Waals surface area (Å²) >= 11 is 0. The molecule has 0 aliphatic heterocycles. The highest BCUT2D eigenvalue weighted by atomic mass is 16.5. The lowest BCUT2D eigenvalue weighted by molar-refractivity contribution is -0.117. The van der Waals surface area contributed by atoms with Gasteiger partial charge in [0.1, 0.15) is 40.3 Å². The van der Waals surface area contributed by atoms with Crippen LogP contribution in [0, 0.1) is 0 Å². The van der Waals surface area contributed by atoms with E-state index in [9.17, 15) is 49.5 Å². The average Bonchev–Trinajstić information content (AvgIpc) is 1.12. The summed E-state index contributed by atoms with van der Waals surface area (Å²) in [5.41, 5.74) is 3.25. The number of carbonyl (C=O) groups excluding carboxylic acids is 1. The third-order valence-electron chi connectivity index (χ3n) is 18.3. The van der Waals surface area contributed by atoms with Gasteiger partial charge in [-0.3, -0.25) is 29.0 Å². The van der Waals surface area contributed by atoms with Gasteiger partial charge in [-0.1, -0.05) is 23.3 Å². The van der Waals surface area contributed by atoms with E-state index in [0.717, 1.165) is 5.57 Å². The molecule has 2 atom stereocenters. The van der Waals surface area contributed by atoms with Crippen molar-refractivity contribution in [3.63, 3.8) is 0 Å². The lowest BCUT2D eigenvalue weighted by Gasteiger charge is -2.26. The first-order valence-corrected chi connectivity index (χ1v) is 30.7. The van der Waals surface area contributed by atoms with Gasteiger partial charge < -0.3 is 78.4 Å². The number of ether oxygens (including phenoxy) is 9. The molecule has 7 N–H and O–H groups in total. The molecule has 94 heavy (non-hydrogen) atoms. The standard InChI is InChI=1S/C38H41NO11.C34H32O10/c1-18-15-21-20(7-6-11-49-13-9-40)36(44)28-22(42)16-24(46-3)30-31-25(47-4)17-23(43)29-34(31)33(27(21)32(28)30)35(38(48-5)37(29)45)26(18)19(2)39-8-12-50-14-10-41;1-14-11-17-16(7-6-9-44-10-8-35)32(39)24-18(37)12-20(41-3)26-27-21(42-4)13-19(38)25-30(27)29(23(17)28(24)26)31(22(14)15(2)36)34(43-5)33(25)40/h15-17,26,40-41,44-45H,6-14H2,1-5H3;11-13,22,35,39-40H,6-10H2,1-5H3. The smallest absolute Gasteiger partial charge is 0.194 e. The zero-order valence-electron chi connectivity index (χ0n) is 53.8. The number of phenolic OH excluding ortho intramolecular Hbond substituents is 4. The summed E-state index contributed by atoms with van der Waals surface area (Å²) in [4.78, 5) is 73.5. The molecule has 0 fully saturated rings. The van der Waals surface area contributed by atoms with Crippen molar-refractivity contribution in [3.8, 4) is 57.5 Å². The van der Waals surface area contributed by atoms with E-state index in [1.165, 1.54) is 73.8 Å². The quantitative estimate of drug-likeness (QED) is 0.0122. The van der Waals surface area contributed by atoms with Crippen LogP contribution in [0.5, 0.6) is 57.5 Å².